The third kappa shape index (κ3) is 5.81. The number of aromatic nitrogens is 1. The van der Waals surface area contributed by atoms with Crippen LogP contribution in [0.3, 0.4) is 0 Å². The Labute approximate surface area is 243 Å². The number of hydrogen-bond acceptors (Lipinski definition) is 6. The number of thiazole rings is 1. The third-order valence-electron chi connectivity index (χ3n) is 6.86. The number of carbonyl (C=O) groups is 1. The second kappa shape index (κ2) is 12.1. The summed E-state index contributed by atoms with van der Waals surface area (Å²) in [5, 5.41) is 0. The van der Waals surface area contributed by atoms with Gasteiger partial charge in [0.25, 0.3) is 5.56 Å². The summed E-state index contributed by atoms with van der Waals surface area (Å²) >= 11 is 1.30. The van der Waals surface area contributed by atoms with Crippen molar-refractivity contribution in [2.45, 2.75) is 52.7 Å². The van der Waals surface area contributed by atoms with Crippen LogP contribution in [0.1, 0.15) is 68.8 Å². The van der Waals surface area contributed by atoms with E-state index in [1.165, 1.54) is 16.9 Å². The zero-order valence-corrected chi connectivity index (χ0v) is 24.8. The first-order valence-electron chi connectivity index (χ1n) is 13.9. The van der Waals surface area contributed by atoms with E-state index in [0.717, 1.165) is 16.7 Å². The van der Waals surface area contributed by atoms with E-state index >= 15 is 0 Å². The number of carbonyl (C=O) groups excluding carboxylic acids is 1. The van der Waals surface area contributed by atoms with Crippen molar-refractivity contribution in [1.29, 1.82) is 0 Å². The number of benzene rings is 3. The Balaban J connectivity index is 1.80. The van der Waals surface area contributed by atoms with Gasteiger partial charge in [-0.2, -0.15) is 0 Å². The van der Waals surface area contributed by atoms with Gasteiger partial charge in [-0.15, -0.1) is 0 Å². The van der Waals surface area contributed by atoms with Gasteiger partial charge in [0, 0.05) is 11.1 Å². The van der Waals surface area contributed by atoms with Crippen LogP contribution in [0.2, 0.25) is 0 Å². The van der Waals surface area contributed by atoms with Crippen LogP contribution in [-0.4, -0.2) is 23.2 Å². The minimum absolute atomic E-state index is 0.0138. The minimum atomic E-state index is -0.703. The van der Waals surface area contributed by atoms with Crippen molar-refractivity contribution in [3.05, 3.63) is 126 Å². The van der Waals surface area contributed by atoms with Crippen molar-refractivity contribution in [2.24, 2.45) is 4.99 Å². The Morgan fingerprint density at radius 3 is 2.32 bits per heavy atom. The topological polar surface area (TPSA) is 69.9 Å². The van der Waals surface area contributed by atoms with E-state index in [4.69, 9.17) is 14.5 Å². The number of nitrogens with zero attached hydrogens (tertiary/aromatic N) is 2. The molecule has 0 amide bonds. The molecule has 0 aliphatic carbocycles. The van der Waals surface area contributed by atoms with E-state index in [0.29, 0.717) is 32.3 Å². The Hall–Kier alpha value is -4.23. The summed E-state index contributed by atoms with van der Waals surface area (Å²) in [5.74, 6) is 0.559. The molecule has 0 radical (unpaired) electrons. The first-order valence-corrected chi connectivity index (χ1v) is 14.7. The fourth-order valence-electron chi connectivity index (χ4n) is 4.92. The highest BCUT2D eigenvalue weighted by Gasteiger charge is 2.35. The Morgan fingerprint density at radius 1 is 0.976 bits per heavy atom. The van der Waals surface area contributed by atoms with Crippen molar-refractivity contribution in [1.82, 2.24) is 4.57 Å². The molecule has 2 heterocycles. The highest BCUT2D eigenvalue weighted by molar-refractivity contribution is 7.07. The molecule has 1 unspecified atom stereocenters. The third-order valence-corrected chi connectivity index (χ3v) is 7.84. The van der Waals surface area contributed by atoms with Gasteiger partial charge in [0.2, 0.25) is 0 Å². The fourth-order valence-corrected chi connectivity index (χ4v) is 5.91. The number of fused-ring (bicyclic) bond motifs is 1. The number of hydrogen-bond donors (Lipinski definition) is 0. The van der Waals surface area contributed by atoms with Crippen molar-refractivity contribution in [2.75, 3.05) is 6.61 Å². The zero-order chi connectivity index (χ0) is 29.1. The number of esters is 1. The molecule has 3 aromatic carbocycles. The van der Waals surface area contributed by atoms with E-state index in [-0.39, 0.29) is 18.3 Å². The highest BCUT2D eigenvalue weighted by atomic mass is 32.1. The maximum atomic E-state index is 14.1. The maximum absolute atomic E-state index is 14.1. The molecule has 0 fully saturated rings. The molecule has 0 saturated carbocycles. The van der Waals surface area contributed by atoms with Gasteiger partial charge in [-0.25, -0.2) is 9.79 Å². The summed E-state index contributed by atoms with van der Waals surface area (Å²) in [6, 6.07) is 24.6. The van der Waals surface area contributed by atoms with Crippen LogP contribution in [0, 0.1) is 0 Å². The number of rotatable bonds is 8. The first-order chi connectivity index (χ1) is 19.8. The molecular formula is C34H34N2O4S. The van der Waals surface area contributed by atoms with Crippen LogP contribution in [0.4, 0.5) is 0 Å². The van der Waals surface area contributed by atoms with Crippen LogP contribution < -0.4 is 19.6 Å². The monoisotopic (exact) mass is 566 g/mol. The second-order valence-corrected chi connectivity index (χ2v) is 11.5. The lowest BCUT2D eigenvalue weighted by Crippen LogP contribution is -2.40. The molecule has 1 atom stereocenters. The van der Waals surface area contributed by atoms with Crippen molar-refractivity contribution < 1.29 is 14.3 Å². The molecule has 7 heteroatoms. The average Bonchev–Trinajstić information content (AvgIpc) is 3.27. The van der Waals surface area contributed by atoms with Crippen LogP contribution in [0.5, 0.6) is 5.75 Å². The quantitative estimate of drug-likeness (QED) is 0.251. The lowest BCUT2D eigenvalue weighted by molar-refractivity contribution is -0.138. The van der Waals surface area contributed by atoms with Gasteiger partial charge < -0.3 is 9.47 Å². The van der Waals surface area contributed by atoms with E-state index in [1.54, 1.807) is 11.5 Å². The molecular weight excluding hydrogens is 532 g/mol. The Kier molecular flexibility index (Phi) is 8.36. The predicted octanol–water partition coefficient (Wildman–Crippen LogP) is 5.85. The summed E-state index contributed by atoms with van der Waals surface area (Å²) in [4.78, 5) is 33.2. The molecule has 1 aromatic heterocycles. The lowest BCUT2D eigenvalue weighted by Gasteiger charge is -2.26. The minimum Gasteiger partial charge on any atom is -0.490 e. The average molecular weight is 567 g/mol. The van der Waals surface area contributed by atoms with E-state index in [9.17, 15) is 9.59 Å². The van der Waals surface area contributed by atoms with Crippen molar-refractivity contribution in [3.63, 3.8) is 0 Å². The summed E-state index contributed by atoms with van der Waals surface area (Å²) < 4.78 is 13.7. The van der Waals surface area contributed by atoms with Crippen LogP contribution in [-0.2, 0) is 9.53 Å². The molecule has 41 heavy (non-hydrogen) atoms. The number of para-hydroxylation sites is 1. The molecule has 1 aliphatic heterocycles. The van der Waals surface area contributed by atoms with Gasteiger partial charge in [-0.05, 0) is 50.0 Å². The molecule has 0 bridgehead atoms. The SMILES string of the molecule is CCOC(=O)C1=C(c2ccccc2)N=c2s/c(=C/c3ccccc3OC(C)C)c(=O)n2C1c1ccc(C(C)C)cc1. The highest BCUT2D eigenvalue weighted by Crippen LogP contribution is 2.35. The smallest absolute Gasteiger partial charge is 0.338 e. The van der Waals surface area contributed by atoms with Crippen molar-refractivity contribution in [3.8, 4) is 5.75 Å². The van der Waals surface area contributed by atoms with Crippen molar-refractivity contribution >= 4 is 29.1 Å². The van der Waals surface area contributed by atoms with Gasteiger partial charge in [-0.3, -0.25) is 9.36 Å². The summed E-state index contributed by atoms with van der Waals surface area (Å²) in [7, 11) is 0. The predicted molar refractivity (Wildman–Crippen MR) is 164 cm³/mol. The molecule has 0 spiro atoms. The number of ether oxygens (including phenoxy) is 2. The zero-order valence-electron chi connectivity index (χ0n) is 24.0. The maximum Gasteiger partial charge on any atom is 0.338 e. The van der Waals surface area contributed by atoms with E-state index < -0.39 is 12.0 Å². The van der Waals surface area contributed by atoms with Crippen LogP contribution in [0.25, 0.3) is 11.8 Å². The van der Waals surface area contributed by atoms with E-state index in [1.807, 2.05) is 86.7 Å². The molecule has 1 aliphatic rings. The first kappa shape index (κ1) is 28.3. The van der Waals surface area contributed by atoms with Gasteiger partial charge in [0.05, 0.1) is 34.6 Å². The van der Waals surface area contributed by atoms with Gasteiger partial charge >= 0.3 is 5.97 Å². The normalized spacial score (nSPS) is 15.2. The second-order valence-electron chi connectivity index (χ2n) is 10.5. The van der Waals surface area contributed by atoms with E-state index in [2.05, 4.69) is 26.0 Å². The molecule has 4 aromatic rings. The summed E-state index contributed by atoms with van der Waals surface area (Å²) in [6.07, 6.45) is 1.83. The van der Waals surface area contributed by atoms with Crippen LogP contribution >= 0.6 is 11.3 Å². The molecule has 0 N–H and O–H groups in total. The van der Waals surface area contributed by atoms with Crippen LogP contribution in [0.15, 0.2) is 94.2 Å². The Bertz CT molecular complexity index is 1760. The summed E-state index contributed by atoms with van der Waals surface area (Å²) in [6.45, 7) is 10.2. The fraction of sp³-hybridized carbons (Fsp3) is 0.265. The molecule has 210 valence electrons. The molecule has 5 rings (SSSR count). The lowest BCUT2D eigenvalue weighted by atomic mass is 9.91. The summed E-state index contributed by atoms with van der Waals surface area (Å²) in [5.41, 5.74) is 4.21. The van der Waals surface area contributed by atoms with Gasteiger partial charge in [0.1, 0.15) is 5.75 Å². The largest absolute Gasteiger partial charge is 0.490 e. The Morgan fingerprint density at radius 2 is 1.66 bits per heavy atom. The van der Waals surface area contributed by atoms with Gasteiger partial charge in [0.15, 0.2) is 4.80 Å². The standard InChI is InChI=1S/C34H34N2O4S/c1-6-39-33(38)29-30(24-12-8-7-9-13-24)35-34-36(31(29)25-18-16-23(17-19-25)21(2)3)32(37)28(41-34)20-26-14-10-11-15-27(26)40-22(4)5/h7-22,31H,6H2,1-5H3/b28-20+. The molecule has 6 nitrogen and oxygen atoms in total. The molecule has 0 saturated heterocycles. The van der Waals surface area contributed by atoms with Gasteiger partial charge in [-0.1, -0.05) is 98.0 Å².